The van der Waals surface area contributed by atoms with E-state index in [0.717, 1.165) is 45.0 Å². The molecule has 0 amide bonds. The van der Waals surface area contributed by atoms with Crippen LogP contribution in [0.1, 0.15) is 37.7 Å². The minimum absolute atomic E-state index is 0.111. The third-order valence-corrected chi connectivity index (χ3v) is 4.25. The summed E-state index contributed by atoms with van der Waals surface area (Å²) < 4.78 is 19.2. The summed E-state index contributed by atoms with van der Waals surface area (Å²) in [5, 5.41) is 7.10. The van der Waals surface area contributed by atoms with E-state index in [1.54, 1.807) is 19.2 Å². The summed E-state index contributed by atoms with van der Waals surface area (Å²) in [5.74, 6) is 0.632. The molecule has 128 valence electrons. The van der Waals surface area contributed by atoms with Gasteiger partial charge in [-0.3, -0.25) is 4.99 Å². The van der Waals surface area contributed by atoms with Gasteiger partial charge >= 0.3 is 0 Å². The summed E-state index contributed by atoms with van der Waals surface area (Å²) in [5.41, 5.74) is 0.610. The van der Waals surface area contributed by atoms with Crippen LogP contribution in [0.2, 0.25) is 5.02 Å². The average Bonchev–Trinajstić information content (AvgIpc) is 3.28. The van der Waals surface area contributed by atoms with Crippen LogP contribution in [0.4, 0.5) is 4.39 Å². The molecule has 0 saturated heterocycles. The van der Waals surface area contributed by atoms with Crippen molar-refractivity contribution in [3.8, 4) is 0 Å². The van der Waals surface area contributed by atoms with Gasteiger partial charge in [0.15, 0.2) is 5.96 Å². The Hall–Kier alpha value is -1.33. The zero-order valence-electron chi connectivity index (χ0n) is 13.7. The molecule has 0 aliphatic heterocycles. The van der Waals surface area contributed by atoms with Crippen molar-refractivity contribution in [1.82, 2.24) is 10.6 Å². The molecule has 2 N–H and O–H groups in total. The first-order chi connectivity index (χ1) is 11.2. The highest BCUT2D eigenvalue weighted by molar-refractivity contribution is 6.31. The van der Waals surface area contributed by atoms with Crippen LogP contribution < -0.4 is 10.6 Å². The minimum atomic E-state index is -0.231. The molecular weight excluding hydrogens is 317 g/mol. The van der Waals surface area contributed by atoms with Crippen LogP contribution >= 0.6 is 11.6 Å². The van der Waals surface area contributed by atoms with Crippen LogP contribution in [0, 0.1) is 5.82 Å². The predicted octanol–water partition coefficient (Wildman–Crippen LogP) is 3.32. The SMILES string of the molecule is CCOCCCCNC(=NC)NC1CC1c1c(F)cccc1Cl. The second-order valence-corrected chi connectivity index (χ2v) is 6.04. The van der Waals surface area contributed by atoms with Crippen LogP contribution in [0.25, 0.3) is 0 Å². The average molecular weight is 342 g/mol. The van der Waals surface area contributed by atoms with Gasteiger partial charge in [-0.25, -0.2) is 4.39 Å². The van der Waals surface area contributed by atoms with Crippen molar-refractivity contribution in [3.63, 3.8) is 0 Å². The fourth-order valence-corrected chi connectivity index (χ4v) is 2.89. The van der Waals surface area contributed by atoms with E-state index in [-0.39, 0.29) is 17.8 Å². The zero-order valence-corrected chi connectivity index (χ0v) is 14.5. The van der Waals surface area contributed by atoms with Gasteiger partial charge in [0.25, 0.3) is 0 Å². The van der Waals surface area contributed by atoms with Crippen molar-refractivity contribution in [2.24, 2.45) is 4.99 Å². The highest BCUT2D eigenvalue weighted by Gasteiger charge is 2.41. The Morgan fingerprint density at radius 2 is 2.26 bits per heavy atom. The fraction of sp³-hybridized carbons (Fsp3) is 0.588. The first-order valence-corrected chi connectivity index (χ1v) is 8.54. The number of nitrogens with zero attached hydrogens (tertiary/aromatic N) is 1. The molecule has 0 aromatic heterocycles. The van der Waals surface area contributed by atoms with Crippen LogP contribution in [-0.4, -0.2) is 38.8 Å². The van der Waals surface area contributed by atoms with E-state index in [1.807, 2.05) is 6.92 Å². The van der Waals surface area contributed by atoms with E-state index in [9.17, 15) is 4.39 Å². The summed E-state index contributed by atoms with van der Waals surface area (Å²) in [4.78, 5) is 4.21. The molecule has 0 heterocycles. The van der Waals surface area contributed by atoms with Crippen molar-refractivity contribution in [2.45, 2.75) is 38.1 Å². The molecule has 1 aliphatic carbocycles. The molecule has 0 radical (unpaired) electrons. The lowest BCUT2D eigenvalue weighted by Gasteiger charge is -2.12. The summed E-state index contributed by atoms with van der Waals surface area (Å²) >= 11 is 6.12. The fourth-order valence-electron chi connectivity index (χ4n) is 2.59. The molecule has 1 fully saturated rings. The van der Waals surface area contributed by atoms with Gasteiger partial charge in [-0.1, -0.05) is 17.7 Å². The Labute approximate surface area is 142 Å². The highest BCUT2D eigenvalue weighted by Crippen LogP contribution is 2.44. The normalized spacial score (nSPS) is 20.4. The van der Waals surface area contributed by atoms with Crippen molar-refractivity contribution in [3.05, 3.63) is 34.6 Å². The summed E-state index contributed by atoms with van der Waals surface area (Å²) in [6, 6.07) is 5.01. The Morgan fingerprint density at radius 3 is 2.96 bits per heavy atom. The van der Waals surface area contributed by atoms with E-state index >= 15 is 0 Å². The predicted molar refractivity (Wildman–Crippen MR) is 92.8 cm³/mol. The van der Waals surface area contributed by atoms with Crippen LogP contribution in [0.3, 0.4) is 0 Å². The maximum absolute atomic E-state index is 13.9. The van der Waals surface area contributed by atoms with Gasteiger partial charge in [0, 0.05) is 49.4 Å². The van der Waals surface area contributed by atoms with E-state index in [1.165, 1.54) is 6.07 Å². The summed E-state index contributed by atoms with van der Waals surface area (Å²) in [6.07, 6.45) is 2.91. The standard InChI is InChI=1S/C17H25ClFN3O/c1-3-23-10-5-4-9-21-17(20-2)22-15-11-12(15)16-13(18)7-6-8-14(16)19/h6-8,12,15H,3-5,9-11H2,1-2H3,(H2,20,21,22). The molecule has 0 spiro atoms. The Morgan fingerprint density at radius 1 is 1.43 bits per heavy atom. The van der Waals surface area contributed by atoms with E-state index < -0.39 is 0 Å². The van der Waals surface area contributed by atoms with E-state index in [0.29, 0.717) is 10.6 Å². The van der Waals surface area contributed by atoms with Crippen LogP contribution in [0.15, 0.2) is 23.2 Å². The minimum Gasteiger partial charge on any atom is -0.382 e. The third-order valence-electron chi connectivity index (χ3n) is 3.92. The quantitative estimate of drug-likeness (QED) is 0.433. The molecule has 6 heteroatoms. The zero-order chi connectivity index (χ0) is 16.7. The first-order valence-electron chi connectivity index (χ1n) is 8.16. The maximum Gasteiger partial charge on any atom is 0.191 e. The number of guanidine groups is 1. The lowest BCUT2D eigenvalue weighted by atomic mass is 10.1. The van der Waals surface area contributed by atoms with Crippen molar-refractivity contribution >= 4 is 17.6 Å². The maximum atomic E-state index is 13.9. The number of nitrogens with one attached hydrogen (secondary N) is 2. The molecule has 1 aromatic carbocycles. The van der Waals surface area contributed by atoms with Crippen LogP contribution in [0.5, 0.6) is 0 Å². The molecule has 1 aliphatic rings. The number of benzene rings is 1. The Kier molecular flexibility index (Phi) is 7.12. The Balaban J connectivity index is 1.74. The third kappa shape index (κ3) is 5.36. The van der Waals surface area contributed by atoms with Gasteiger partial charge in [0.1, 0.15) is 5.82 Å². The van der Waals surface area contributed by atoms with Crippen LogP contribution in [-0.2, 0) is 4.74 Å². The molecule has 2 unspecified atom stereocenters. The van der Waals surface area contributed by atoms with Gasteiger partial charge in [-0.05, 0) is 38.3 Å². The number of halogens is 2. The highest BCUT2D eigenvalue weighted by atomic mass is 35.5. The van der Waals surface area contributed by atoms with Crippen molar-refractivity contribution < 1.29 is 9.13 Å². The van der Waals surface area contributed by atoms with Gasteiger partial charge < -0.3 is 15.4 Å². The molecule has 4 nitrogen and oxygen atoms in total. The molecule has 2 rings (SSSR count). The molecular formula is C17H25ClFN3O. The summed E-state index contributed by atoms with van der Waals surface area (Å²) in [6.45, 7) is 4.39. The molecule has 23 heavy (non-hydrogen) atoms. The number of hydrogen-bond acceptors (Lipinski definition) is 2. The second-order valence-electron chi connectivity index (χ2n) is 5.63. The molecule has 0 bridgehead atoms. The first kappa shape index (κ1) is 18.0. The summed E-state index contributed by atoms with van der Waals surface area (Å²) in [7, 11) is 1.74. The number of ether oxygens (including phenoxy) is 1. The molecule has 2 atom stereocenters. The second kappa shape index (κ2) is 9.08. The van der Waals surface area contributed by atoms with Crippen molar-refractivity contribution in [1.29, 1.82) is 0 Å². The number of hydrogen-bond donors (Lipinski definition) is 2. The van der Waals surface area contributed by atoms with E-state index in [4.69, 9.17) is 16.3 Å². The largest absolute Gasteiger partial charge is 0.382 e. The number of rotatable bonds is 8. The molecule has 1 saturated carbocycles. The van der Waals surface area contributed by atoms with Gasteiger partial charge in [0.05, 0.1) is 0 Å². The van der Waals surface area contributed by atoms with Gasteiger partial charge in [-0.2, -0.15) is 0 Å². The topological polar surface area (TPSA) is 45.6 Å². The van der Waals surface area contributed by atoms with E-state index in [2.05, 4.69) is 15.6 Å². The monoisotopic (exact) mass is 341 g/mol. The van der Waals surface area contributed by atoms with Gasteiger partial charge in [0.2, 0.25) is 0 Å². The lowest BCUT2D eigenvalue weighted by Crippen LogP contribution is -2.39. The Bertz CT molecular complexity index is 518. The lowest BCUT2D eigenvalue weighted by molar-refractivity contribution is 0.143. The number of unbranched alkanes of at least 4 members (excludes halogenated alkanes) is 1. The molecule has 1 aromatic rings. The van der Waals surface area contributed by atoms with Gasteiger partial charge in [-0.15, -0.1) is 0 Å². The number of aliphatic imine (C=N–C) groups is 1. The smallest absolute Gasteiger partial charge is 0.191 e. The van der Waals surface area contributed by atoms with Crippen molar-refractivity contribution in [2.75, 3.05) is 26.8 Å².